The largest absolute Gasteiger partial charge is 0.403 e. The molecular weight excluding hydrogens is 682 g/mol. The molecule has 278 valence electrons. The summed E-state index contributed by atoms with van der Waals surface area (Å²) in [7, 11) is -3.12. The summed E-state index contributed by atoms with van der Waals surface area (Å²) in [5.74, 6) is 0.287. The molecule has 11 nitrogen and oxygen atoms in total. The first-order valence-corrected chi connectivity index (χ1v) is 18.4. The van der Waals surface area contributed by atoms with Crippen LogP contribution in [0.25, 0.3) is 16.7 Å². The molecule has 3 heterocycles. The lowest BCUT2D eigenvalue weighted by atomic mass is 9.87. The van der Waals surface area contributed by atoms with Crippen LogP contribution >= 0.6 is 0 Å². The highest BCUT2D eigenvalue weighted by molar-refractivity contribution is 7.91. The van der Waals surface area contributed by atoms with E-state index in [2.05, 4.69) is 67.1 Å². The zero-order valence-electron chi connectivity index (χ0n) is 29.9. The summed E-state index contributed by atoms with van der Waals surface area (Å²) < 4.78 is 65.5. The van der Waals surface area contributed by atoms with Crippen LogP contribution in [0.5, 0.6) is 0 Å². The van der Waals surface area contributed by atoms with E-state index in [-0.39, 0.29) is 48.0 Å². The molecule has 0 spiro atoms. The Morgan fingerprint density at radius 2 is 1.63 bits per heavy atom. The van der Waals surface area contributed by atoms with E-state index in [1.54, 1.807) is 42.6 Å². The minimum Gasteiger partial charge on any atom is -0.370 e. The number of alkyl halides is 3. The van der Waals surface area contributed by atoms with Gasteiger partial charge >= 0.3 is 11.9 Å². The highest BCUT2D eigenvalue weighted by Gasteiger charge is 2.38. The molecule has 2 aromatic carbocycles. The first-order valence-electron chi connectivity index (χ1n) is 16.8. The van der Waals surface area contributed by atoms with Crippen molar-refractivity contribution in [1.82, 2.24) is 25.2 Å². The maximum atomic E-state index is 13.3. The van der Waals surface area contributed by atoms with Crippen molar-refractivity contribution in [3.05, 3.63) is 88.1 Å². The number of aromatic amines is 1. The van der Waals surface area contributed by atoms with Crippen molar-refractivity contribution in [3.8, 4) is 5.69 Å². The summed E-state index contributed by atoms with van der Waals surface area (Å²) in [5, 5.41) is 6.39. The SMILES string of the molecule is CC(C)(C)c1cc2cn(-c3ccc(CNC(CCN=C(N)N)C(F)(F)F)cc3)c(=O)nc2[nH]1.CC(C)(C)c1ccc(S(=O)(=O)CC2CNC2)cc1. The number of rotatable bonds is 10. The zero-order chi connectivity index (χ0) is 37.8. The summed E-state index contributed by atoms with van der Waals surface area (Å²) in [6.45, 7) is 14.0. The van der Waals surface area contributed by atoms with Crippen LogP contribution in [-0.4, -0.2) is 66.5 Å². The van der Waals surface area contributed by atoms with Crippen LogP contribution in [0.1, 0.15) is 64.8 Å². The highest BCUT2D eigenvalue weighted by Crippen LogP contribution is 2.26. The molecule has 0 bridgehead atoms. The van der Waals surface area contributed by atoms with Crippen LogP contribution in [0.2, 0.25) is 0 Å². The van der Waals surface area contributed by atoms with Crippen LogP contribution in [0.3, 0.4) is 0 Å². The lowest BCUT2D eigenvalue weighted by Gasteiger charge is -2.26. The van der Waals surface area contributed by atoms with E-state index >= 15 is 0 Å². The fourth-order valence-corrected chi connectivity index (χ4v) is 6.94. The Morgan fingerprint density at radius 3 is 2.14 bits per heavy atom. The molecule has 5 rings (SSSR count). The van der Waals surface area contributed by atoms with Crippen molar-refractivity contribution in [3.63, 3.8) is 0 Å². The number of sulfone groups is 1. The quantitative estimate of drug-likeness (QED) is 0.116. The van der Waals surface area contributed by atoms with Crippen LogP contribution in [0, 0.1) is 5.92 Å². The number of halogens is 3. The molecule has 0 amide bonds. The van der Waals surface area contributed by atoms with Gasteiger partial charge in [-0.15, -0.1) is 0 Å². The first kappa shape index (κ1) is 39.6. The number of H-pyrrole nitrogens is 1. The number of aliphatic imine (C=N–C) groups is 1. The molecular formula is C36H49F3N8O3S. The van der Waals surface area contributed by atoms with Gasteiger partial charge in [0.25, 0.3) is 0 Å². The van der Waals surface area contributed by atoms with E-state index in [1.165, 1.54) is 4.57 Å². The van der Waals surface area contributed by atoms with Gasteiger partial charge in [-0.2, -0.15) is 18.2 Å². The molecule has 1 saturated heterocycles. The van der Waals surface area contributed by atoms with Crippen molar-refractivity contribution < 1.29 is 21.6 Å². The molecule has 0 saturated carbocycles. The van der Waals surface area contributed by atoms with Gasteiger partial charge < -0.3 is 27.1 Å². The topological polar surface area (TPSA) is 173 Å². The van der Waals surface area contributed by atoms with Crippen LogP contribution in [0.4, 0.5) is 13.2 Å². The zero-order valence-corrected chi connectivity index (χ0v) is 30.8. The highest BCUT2D eigenvalue weighted by atomic mass is 32.2. The molecule has 0 radical (unpaired) electrons. The minimum atomic E-state index is -4.43. The maximum Gasteiger partial charge on any atom is 0.403 e. The van der Waals surface area contributed by atoms with Crippen molar-refractivity contribution in [2.24, 2.45) is 22.4 Å². The number of nitrogens with two attached hydrogens (primary N) is 2. The number of benzene rings is 2. The fraction of sp³-hybridized carbons (Fsp3) is 0.472. The van der Waals surface area contributed by atoms with Crippen LogP contribution in [0.15, 0.2) is 75.5 Å². The van der Waals surface area contributed by atoms with Gasteiger partial charge in [-0.05, 0) is 59.2 Å². The van der Waals surface area contributed by atoms with Crippen LogP contribution in [-0.2, 0) is 27.2 Å². The maximum absolute atomic E-state index is 13.3. The second kappa shape index (κ2) is 15.6. The van der Waals surface area contributed by atoms with E-state index in [4.69, 9.17) is 11.5 Å². The second-order valence-electron chi connectivity index (χ2n) is 14.9. The van der Waals surface area contributed by atoms with E-state index in [0.29, 0.717) is 21.8 Å². The summed E-state index contributed by atoms with van der Waals surface area (Å²) >= 11 is 0. The number of nitrogens with one attached hydrogen (secondary N) is 3. The molecule has 1 fully saturated rings. The van der Waals surface area contributed by atoms with Crippen molar-refractivity contribution in [1.29, 1.82) is 0 Å². The van der Waals surface area contributed by atoms with Crippen molar-refractivity contribution >= 4 is 26.8 Å². The third kappa shape index (κ3) is 10.9. The predicted molar refractivity (Wildman–Crippen MR) is 196 cm³/mol. The Labute approximate surface area is 297 Å². The molecule has 1 unspecified atom stereocenters. The number of nitrogens with zero attached hydrogens (tertiary/aromatic N) is 3. The second-order valence-corrected chi connectivity index (χ2v) is 17.0. The number of aromatic nitrogens is 3. The molecule has 0 aliphatic carbocycles. The number of guanidine groups is 1. The molecule has 1 aliphatic rings. The Morgan fingerprint density at radius 1 is 1.00 bits per heavy atom. The van der Waals surface area contributed by atoms with Gasteiger partial charge in [-0.1, -0.05) is 65.8 Å². The summed E-state index contributed by atoms with van der Waals surface area (Å²) in [6, 6.07) is 14.2. The van der Waals surface area contributed by atoms with Gasteiger partial charge in [-0.25, -0.2) is 13.2 Å². The average molecular weight is 731 g/mol. The smallest absolute Gasteiger partial charge is 0.370 e. The van der Waals surface area contributed by atoms with Crippen LogP contribution < -0.4 is 27.8 Å². The molecule has 4 aromatic rings. The lowest BCUT2D eigenvalue weighted by Crippen LogP contribution is -2.45. The molecule has 1 aliphatic heterocycles. The van der Waals surface area contributed by atoms with E-state index in [1.807, 2.05) is 18.2 Å². The summed E-state index contributed by atoms with van der Waals surface area (Å²) in [6.07, 6.45) is -3.02. The van der Waals surface area contributed by atoms with Gasteiger partial charge in [0, 0.05) is 48.9 Å². The predicted octanol–water partition coefficient (Wildman–Crippen LogP) is 4.67. The molecule has 1 atom stereocenters. The number of hydrogen-bond acceptors (Lipinski definition) is 7. The lowest BCUT2D eigenvalue weighted by molar-refractivity contribution is -0.157. The van der Waals surface area contributed by atoms with Crippen molar-refractivity contribution in [2.45, 2.75) is 82.5 Å². The Bertz CT molecular complexity index is 1970. The van der Waals surface area contributed by atoms with Gasteiger partial charge in [0.1, 0.15) is 11.7 Å². The minimum absolute atomic E-state index is 0.00872. The molecule has 7 N–H and O–H groups in total. The monoisotopic (exact) mass is 730 g/mol. The summed E-state index contributed by atoms with van der Waals surface area (Å²) in [5.41, 5.74) is 13.7. The third-order valence-corrected chi connectivity index (χ3v) is 10.5. The average Bonchev–Trinajstić information content (AvgIpc) is 3.44. The number of fused-ring (bicyclic) bond motifs is 1. The molecule has 2 aromatic heterocycles. The molecule has 51 heavy (non-hydrogen) atoms. The Hall–Kier alpha value is -4.21. The Balaban J connectivity index is 0.000000272. The van der Waals surface area contributed by atoms with Gasteiger partial charge in [-0.3, -0.25) is 9.56 Å². The van der Waals surface area contributed by atoms with Crippen molar-refractivity contribution in [2.75, 3.05) is 25.4 Å². The first-order chi connectivity index (χ1) is 23.6. The third-order valence-electron chi connectivity index (χ3n) is 8.59. The fourth-order valence-electron chi connectivity index (χ4n) is 5.34. The standard InChI is InChI=1S/C22H28F3N7O.C14H21NO2S/c1-21(2,3)17-10-14-12-32(20(33)31-18(14)30-17)15-6-4-13(5-7-15)11-29-16(22(23,24)25)8-9-28-19(26)27;1-14(2,3)12-4-6-13(7-5-12)18(16,17)10-11-8-15-9-11/h4-7,10,12,16,29H,8-9,11H2,1-3H3,(H4,26,27,28)(H,30,31,33);4-7,11,15H,8-10H2,1-3H3. The van der Waals surface area contributed by atoms with E-state index in [9.17, 15) is 26.4 Å². The number of hydrogen-bond donors (Lipinski definition) is 5. The molecule has 15 heteroatoms. The van der Waals surface area contributed by atoms with Gasteiger partial charge in [0.2, 0.25) is 0 Å². The van der Waals surface area contributed by atoms with Gasteiger partial charge in [0.15, 0.2) is 15.8 Å². The van der Waals surface area contributed by atoms with E-state index in [0.717, 1.165) is 29.7 Å². The van der Waals surface area contributed by atoms with Gasteiger partial charge in [0.05, 0.1) is 16.3 Å². The summed E-state index contributed by atoms with van der Waals surface area (Å²) in [4.78, 5) is 23.9. The Kier molecular flexibility index (Phi) is 12.1. The van der Waals surface area contributed by atoms with E-state index < -0.39 is 27.7 Å². The normalized spacial score (nSPS) is 14.8.